The summed E-state index contributed by atoms with van der Waals surface area (Å²) in [6, 6.07) is 13.0. The standard InChI is InChI=1S/C17H15N5O2S/c1-24-13-6-3-2-5-12(13)18-10-11-9-15(23)22-17(19-11)20-16(21-22)14-7-4-8-25-14/h2-9,18H,10H2,1H3,(H,19,20,21). The quantitative estimate of drug-likeness (QED) is 0.576. The molecule has 4 rings (SSSR count). The number of methoxy groups -OCH3 is 1. The molecule has 0 fully saturated rings. The highest BCUT2D eigenvalue weighted by Crippen LogP contribution is 2.23. The van der Waals surface area contributed by atoms with Crippen molar-refractivity contribution in [3.05, 3.63) is 63.9 Å². The molecule has 0 aliphatic rings. The molecule has 3 heterocycles. The van der Waals surface area contributed by atoms with Gasteiger partial charge in [0.25, 0.3) is 11.3 Å². The predicted octanol–water partition coefficient (Wildman–Crippen LogP) is 2.77. The number of nitrogens with one attached hydrogen (secondary N) is 2. The van der Waals surface area contributed by atoms with Crippen LogP contribution in [0, 0.1) is 0 Å². The highest BCUT2D eigenvalue weighted by molar-refractivity contribution is 7.13. The Morgan fingerprint density at radius 3 is 2.92 bits per heavy atom. The van der Waals surface area contributed by atoms with Crippen LogP contribution in [0.3, 0.4) is 0 Å². The van der Waals surface area contributed by atoms with Crippen LogP contribution in [0.15, 0.2) is 52.6 Å². The first-order chi connectivity index (χ1) is 12.2. The van der Waals surface area contributed by atoms with E-state index in [4.69, 9.17) is 4.74 Å². The highest BCUT2D eigenvalue weighted by atomic mass is 32.1. The van der Waals surface area contributed by atoms with Gasteiger partial charge >= 0.3 is 0 Å². The molecule has 3 aromatic heterocycles. The summed E-state index contributed by atoms with van der Waals surface area (Å²) in [5.74, 6) is 1.72. The van der Waals surface area contributed by atoms with Gasteiger partial charge in [0, 0.05) is 6.07 Å². The van der Waals surface area contributed by atoms with Gasteiger partial charge in [-0.25, -0.2) is 4.98 Å². The molecule has 0 aliphatic heterocycles. The smallest absolute Gasteiger partial charge is 0.274 e. The number of benzene rings is 1. The highest BCUT2D eigenvalue weighted by Gasteiger charge is 2.10. The van der Waals surface area contributed by atoms with Crippen LogP contribution in [-0.4, -0.2) is 26.7 Å². The summed E-state index contributed by atoms with van der Waals surface area (Å²) < 4.78 is 6.66. The zero-order chi connectivity index (χ0) is 17.2. The summed E-state index contributed by atoms with van der Waals surface area (Å²) >= 11 is 1.55. The Bertz CT molecular complexity index is 1070. The SMILES string of the molecule is COc1ccccc1NCc1cc(=O)n2[nH]c(-c3cccs3)nc2n1. The second-order valence-electron chi connectivity index (χ2n) is 5.32. The third-order valence-corrected chi connectivity index (χ3v) is 4.58. The Morgan fingerprint density at radius 2 is 2.12 bits per heavy atom. The van der Waals surface area contributed by atoms with Crippen LogP contribution in [-0.2, 0) is 6.54 Å². The monoisotopic (exact) mass is 353 g/mol. The molecule has 8 heteroatoms. The average Bonchev–Trinajstić information content (AvgIpc) is 3.29. The molecule has 0 saturated carbocycles. The lowest BCUT2D eigenvalue weighted by atomic mass is 10.3. The number of aromatic nitrogens is 4. The van der Waals surface area contributed by atoms with E-state index in [1.54, 1.807) is 18.4 Å². The third-order valence-electron chi connectivity index (χ3n) is 3.71. The molecule has 7 nitrogen and oxygen atoms in total. The van der Waals surface area contributed by atoms with E-state index in [9.17, 15) is 4.79 Å². The van der Waals surface area contributed by atoms with Crippen LogP contribution in [0.4, 0.5) is 5.69 Å². The van der Waals surface area contributed by atoms with Gasteiger partial charge in [0.2, 0.25) is 0 Å². The predicted molar refractivity (Wildman–Crippen MR) is 97.2 cm³/mol. The summed E-state index contributed by atoms with van der Waals surface area (Å²) in [6.45, 7) is 0.396. The topological polar surface area (TPSA) is 84.3 Å². The van der Waals surface area contributed by atoms with Gasteiger partial charge in [-0.15, -0.1) is 11.3 Å². The minimum atomic E-state index is -0.197. The van der Waals surface area contributed by atoms with Gasteiger partial charge in [0.05, 0.1) is 29.9 Å². The summed E-state index contributed by atoms with van der Waals surface area (Å²) in [6.07, 6.45) is 0. The third kappa shape index (κ3) is 2.99. The Balaban J connectivity index is 1.63. The minimum Gasteiger partial charge on any atom is -0.495 e. The van der Waals surface area contributed by atoms with Crippen molar-refractivity contribution >= 4 is 22.8 Å². The molecule has 0 spiro atoms. The van der Waals surface area contributed by atoms with Gasteiger partial charge < -0.3 is 10.1 Å². The first kappa shape index (κ1) is 15.4. The molecular formula is C17H15N5O2S. The van der Waals surface area contributed by atoms with E-state index >= 15 is 0 Å². The van der Waals surface area contributed by atoms with Gasteiger partial charge in [-0.05, 0) is 23.6 Å². The maximum absolute atomic E-state index is 12.3. The number of fused-ring (bicyclic) bond motifs is 1. The second kappa shape index (κ2) is 6.40. The van der Waals surface area contributed by atoms with Gasteiger partial charge in [0.15, 0.2) is 5.82 Å². The van der Waals surface area contributed by atoms with Crippen LogP contribution in [0.5, 0.6) is 5.75 Å². The van der Waals surface area contributed by atoms with E-state index in [0.29, 0.717) is 23.8 Å². The van der Waals surface area contributed by atoms with Crippen molar-refractivity contribution in [1.82, 2.24) is 19.6 Å². The maximum Gasteiger partial charge on any atom is 0.274 e. The van der Waals surface area contributed by atoms with Gasteiger partial charge in [-0.2, -0.15) is 9.50 Å². The summed E-state index contributed by atoms with van der Waals surface area (Å²) in [5.41, 5.74) is 1.26. The zero-order valence-corrected chi connectivity index (χ0v) is 14.2. The van der Waals surface area contributed by atoms with Crippen LogP contribution >= 0.6 is 11.3 Å². The van der Waals surface area contributed by atoms with Crippen molar-refractivity contribution in [3.63, 3.8) is 0 Å². The summed E-state index contributed by atoms with van der Waals surface area (Å²) in [7, 11) is 1.62. The van der Waals surface area contributed by atoms with Crippen molar-refractivity contribution in [2.75, 3.05) is 12.4 Å². The van der Waals surface area contributed by atoms with E-state index < -0.39 is 0 Å². The number of anilines is 1. The lowest BCUT2D eigenvalue weighted by molar-refractivity contribution is 0.416. The number of nitrogens with zero attached hydrogens (tertiary/aromatic N) is 3. The fraction of sp³-hybridized carbons (Fsp3) is 0.118. The summed E-state index contributed by atoms with van der Waals surface area (Å²) in [5, 5.41) is 8.18. The lowest BCUT2D eigenvalue weighted by Crippen LogP contribution is -2.17. The number of ether oxygens (including phenoxy) is 1. The fourth-order valence-electron chi connectivity index (χ4n) is 2.52. The van der Waals surface area contributed by atoms with Crippen molar-refractivity contribution in [2.45, 2.75) is 6.54 Å². The van der Waals surface area contributed by atoms with E-state index in [-0.39, 0.29) is 5.56 Å². The molecule has 0 radical (unpaired) electrons. The first-order valence-corrected chi connectivity index (χ1v) is 8.52. The molecule has 0 amide bonds. The van der Waals surface area contributed by atoms with E-state index in [1.165, 1.54) is 10.6 Å². The number of rotatable bonds is 5. The van der Waals surface area contributed by atoms with Gasteiger partial charge in [-0.3, -0.25) is 9.89 Å². The number of H-pyrrole nitrogens is 1. The molecule has 4 aromatic rings. The number of aromatic amines is 1. The van der Waals surface area contributed by atoms with Crippen LogP contribution in [0.25, 0.3) is 16.5 Å². The maximum atomic E-state index is 12.3. The minimum absolute atomic E-state index is 0.197. The average molecular weight is 353 g/mol. The van der Waals surface area contributed by atoms with Crippen LogP contribution in [0.2, 0.25) is 0 Å². The Labute approximate surface area is 146 Å². The van der Waals surface area contributed by atoms with E-state index in [0.717, 1.165) is 16.3 Å². The van der Waals surface area contributed by atoms with Crippen molar-refractivity contribution in [1.29, 1.82) is 0 Å². The molecule has 0 unspecified atom stereocenters. The molecule has 2 N–H and O–H groups in total. The van der Waals surface area contributed by atoms with E-state index in [1.807, 2.05) is 41.8 Å². The van der Waals surface area contributed by atoms with E-state index in [2.05, 4.69) is 20.4 Å². The van der Waals surface area contributed by atoms with Crippen LogP contribution < -0.4 is 15.6 Å². The molecule has 126 valence electrons. The van der Waals surface area contributed by atoms with Crippen molar-refractivity contribution < 1.29 is 4.74 Å². The number of para-hydroxylation sites is 2. The number of thiophene rings is 1. The van der Waals surface area contributed by atoms with Crippen LogP contribution in [0.1, 0.15) is 5.69 Å². The second-order valence-corrected chi connectivity index (χ2v) is 6.27. The molecule has 25 heavy (non-hydrogen) atoms. The molecule has 0 bridgehead atoms. The van der Waals surface area contributed by atoms with Crippen molar-refractivity contribution in [3.8, 4) is 16.5 Å². The Morgan fingerprint density at radius 1 is 1.24 bits per heavy atom. The van der Waals surface area contributed by atoms with Gasteiger partial charge in [0.1, 0.15) is 5.75 Å². The van der Waals surface area contributed by atoms with Crippen molar-refractivity contribution in [2.24, 2.45) is 0 Å². The number of hydrogen-bond acceptors (Lipinski definition) is 6. The fourth-order valence-corrected chi connectivity index (χ4v) is 3.18. The summed E-state index contributed by atoms with van der Waals surface area (Å²) in [4.78, 5) is 22.2. The lowest BCUT2D eigenvalue weighted by Gasteiger charge is -2.10. The Kier molecular flexibility index (Phi) is 3.95. The largest absolute Gasteiger partial charge is 0.495 e. The first-order valence-electron chi connectivity index (χ1n) is 7.64. The normalized spacial score (nSPS) is 10.9. The molecule has 0 atom stereocenters. The Hall–Kier alpha value is -3.13. The molecule has 1 aromatic carbocycles. The molecule has 0 saturated heterocycles. The molecular weight excluding hydrogens is 338 g/mol. The zero-order valence-electron chi connectivity index (χ0n) is 13.4. The van der Waals surface area contributed by atoms with Gasteiger partial charge in [-0.1, -0.05) is 18.2 Å². The number of hydrogen-bond donors (Lipinski definition) is 2. The molecule has 0 aliphatic carbocycles.